The summed E-state index contributed by atoms with van der Waals surface area (Å²) in [4.78, 5) is 0. The quantitative estimate of drug-likeness (QED) is 0.173. The van der Waals surface area contributed by atoms with Gasteiger partial charge in [-0.3, -0.25) is 0 Å². The first kappa shape index (κ1) is 22.7. The van der Waals surface area contributed by atoms with Gasteiger partial charge in [0.1, 0.15) is 23.0 Å². The van der Waals surface area contributed by atoms with Crippen LogP contribution < -0.4 is 25.9 Å². The Hall–Kier alpha value is -2.73. The lowest BCUT2D eigenvalue weighted by Gasteiger charge is -2.43. The molecular weight excluding hydrogens is 542 g/mol. The van der Waals surface area contributed by atoms with Gasteiger partial charge in [-0.1, -0.05) is 63.0 Å². The second-order valence-corrected chi connectivity index (χ2v) is 11.4. The van der Waals surface area contributed by atoms with Gasteiger partial charge in [0.15, 0.2) is 0 Å². The maximum atomic E-state index is 6.54. The van der Waals surface area contributed by atoms with Gasteiger partial charge >= 0.3 is 0 Å². The Morgan fingerprint density at radius 3 is 2.46 bits per heavy atom. The van der Waals surface area contributed by atoms with Gasteiger partial charge in [-0.05, 0) is 112 Å². The van der Waals surface area contributed by atoms with Crippen molar-refractivity contribution in [3.63, 3.8) is 0 Å². The van der Waals surface area contributed by atoms with Crippen LogP contribution in [-0.4, -0.2) is 6.71 Å². The van der Waals surface area contributed by atoms with Crippen LogP contribution >= 0.6 is 22.6 Å². The highest BCUT2D eigenvalue weighted by molar-refractivity contribution is 14.1. The van der Waals surface area contributed by atoms with Crippen LogP contribution in [0.4, 0.5) is 0 Å². The number of fused-ring (bicyclic) bond motifs is 4. The Labute approximate surface area is 221 Å². The number of halogens is 1. The van der Waals surface area contributed by atoms with E-state index in [2.05, 4.69) is 91.9 Å². The molecule has 6 rings (SSSR count). The van der Waals surface area contributed by atoms with Gasteiger partial charge in [0.25, 0.3) is 6.71 Å². The van der Waals surface area contributed by atoms with E-state index >= 15 is 0 Å². The number of ether oxygens (including phenoxy) is 2. The second kappa shape index (κ2) is 8.74. The maximum Gasteiger partial charge on any atom is 0.251 e. The van der Waals surface area contributed by atoms with E-state index in [1.807, 2.05) is 30.3 Å². The predicted octanol–water partition coefficient (Wildman–Crippen LogP) is 6.69. The van der Waals surface area contributed by atoms with Crippen LogP contribution in [0.25, 0.3) is 0 Å². The monoisotopic (exact) mass is 570 g/mol. The molecular formula is C31H28BIO2. The highest BCUT2D eigenvalue weighted by Gasteiger charge is 2.46. The van der Waals surface area contributed by atoms with Crippen LogP contribution in [0, 0.1) is 3.57 Å². The second-order valence-electron chi connectivity index (χ2n) is 10.1. The summed E-state index contributed by atoms with van der Waals surface area (Å²) in [5, 5.41) is 0. The molecule has 0 unspecified atom stereocenters. The highest BCUT2D eigenvalue weighted by Crippen LogP contribution is 2.41. The third kappa shape index (κ3) is 3.77. The molecule has 4 aromatic rings. The third-order valence-corrected chi connectivity index (χ3v) is 8.17. The van der Waals surface area contributed by atoms with Crippen molar-refractivity contribution in [3.05, 3.63) is 99.1 Å². The Morgan fingerprint density at radius 2 is 1.66 bits per heavy atom. The first-order valence-electron chi connectivity index (χ1n) is 12.5. The number of unbranched alkanes of at least 4 members (excludes halogenated alkanes) is 1. The van der Waals surface area contributed by atoms with Crippen LogP contribution in [0.3, 0.4) is 0 Å². The van der Waals surface area contributed by atoms with Crippen molar-refractivity contribution < 1.29 is 9.47 Å². The molecule has 2 nitrogen and oxygen atoms in total. The fourth-order valence-corrected chi connectivity index (χ4v) is 6.46. The van der Waals surface area contributed by atoms with Gasteiger partial charge in [0.05, 0.1) is 0 Å². The maximum absolute atomic E-state index is 6.54. The molecule has 0 N–H and O–H groups in total. The largest absolute Gasteiger partial charge is 0.458 e. The van der Waals surface area contributed by atoms with Gasteiger partial charge < -0.3 is 9.47 Å². The lowest BCUT2D eigenvalue weighted by molar-refractivity contribution is 0.480. The average molecular weight is 570 g/mol. The lowest BCUT2D eigenvalue weighted by Crippen LogP contribution is -2.62. The fraction of sp³-hybridized carbons (Fsp3) is 0.226. The molecule has 2 heterocycles. The summed E-state index contributed by atoms with van der Waals surface area (Å²) in [6.07, 6.45) is 3.48. The summed E-state index contributed by atoms with van der Waals surface area (Å²) in [5.74, 6) is 3.67. The van der Waals surface area contributed by atoms with Crippen molar-refractivity contribution >= 4 is 45.7 Å². The number of benzene rings is 4. The summed E-state index contributed by atoms with van der Waals surface area (Å²) in [7, 11) is 0. The molecule has 0 bridgehead atoms. The molecule has 0 aliphatic carbocycles. The molecule has 0 atom stereocenters. The van der Waals surface area contributed by atoms with Crippen LogP contribution in [0.5, 0.6) is 23.0 Å². The molecule has 4 heteroatoms. The van der Waals surface area contributed by atoms with E-state index in [4.69, 9.17) is 9.47 Å². The SMILES string of the molecule is CCCCc1ccc2c3c1C(C)(C)c1ccc(Oc4ccccc4)cc1B3c1cc(I)ccc1O2. The fourth-order valence-electron chi connectivity index (χ4n) is 5.94. The smallest absolute Gasteiger partial charge is 0.251 e. The van der Waals surface area contributed by atoms with Crippen molar-refractivity contribution in [1.82, 2.24) is 0 Å². The molecule has 2 aliphatic heterocycles. The van der Waals surface area contributed by atoms with Gasteiger partial charge in [-0.2, -0.15) is 0 Å². The summed E-state index contributed by atoms with van der Waals surface area (Å²) in [6, 6.07) is 27.7. The molecule has 0 radical (unpaired) electrons. The van der Waals surface area contributed by atoms with E-state index in [-0.39, 0.29) is 12.1 Å². The molecule has 174 valence electrons. The Kier molecular flexibility index (Phi) is 5.67. The first-order valence-corrected chi connectivity index (χ1v) is 13.6. The van der Waals surface area contributed by atoms with Crippen LogP contribution in [0.2, 0.25) is 0 Å². The topological polar surface area (TPSA) is 18.5 Å². The van der Waals surface area contributed by atoms with Crippen molar-refractivity contribution in [2.24, 2.45) is 0 Å². The standard InChI is InChI=1S/C31H28BIO2/c1-4-5-9-20-12-16-28-30-29(20)31(2,3)24-15-14-23(34-22-10-7-6-8-11-22)19-25(24)32(30)26-18-21(33)13-17-27(26)35-28/h6-8,10-19H,4-5,9H2,1-3H3. The number of hydrogen-bond acceptors (Lipinski definition) is 2. The third-order valence-electron chi connectivity index (χ3n) is 7.49. The average Bonchev–Trinajstić information content (AvgIpc) is 2.85. The van der Waals surface area contributed by atoms with E-state index < -0.39 is 0 Å². The molecule has 0 saturated carbocycles. The number of hydrogen-bond donors (Lipinski definition) is 0. The van der Waals surface area contributed by atoms with Gasteiger partial charge in [0, 0.05) is 8.99 Å². The Morgan fingerprint density at radius 1 is 0.857 bits per heavy atom. The summed E-state index contributed by atoms with van der Waals surface area (Å²) >= 11 is 2.41. The zero-order chi connectivity index (χ0) is 24.2. The van der Waals surface area contributed by atoms with E-state index in [0.29, 0.717) is 0 Å². The molecule has 0 saturated heterocycles. The van der Waals surface area contributed by atoms with Crippen molar-refractivity contribution in [2.75, 3.05) is 0 Å². The molecule has 0 spiro atoms. The molecule has 4 aromatic carbocycles. The molecule has 0 amide bonds. The predicted molar refractivity (Wildman–Crippen MR) is 154 cm³/mol. The zero-order valence-electron chi connectivity index (χ0n) is 20.4. The minimum atomic E-state index is -0.131. The number of rotatable bonds is 5. The summed E-state index contributed by atoms with van der Waals surface area (Å²) < 4.78 is 14.1. The van der Waals surface area contributed by atoms with Crippen LogP contribution in [-0.2, 0) is 11.8 Å². The van der Waals surface area contributed by atoms with E-state index in [1.165, 1.54) is 49.5 Å². The highest BCUT2D eigenvalue weighted by atomic mass is 127. The lowest BCUT2D eigenvalue weighted by atomic mass is 9.30. The van der Waals surface area contributed by atoms with E-state index in [1.54, 1.807) is 0 Å². The molecule has 35 heavy (non-hydrogen) atoms. The first-order chi connectivity index (χ1) is 17.0. The summed E-state index contributed by atoms with van der Waals surface area (Å²) in [5.41, 5.74) is 8.03. The number of aryl methyl sites for hydroxylation is 1. The summed E-state index contributed by atoms with van der Waals surface area (Å²) in [6.45, 7) is 7.13. The van der Waals surface area contributed by atoms with E-state index in [0.717, 1.165) is 29.4 Å². The van der Waals surface area contributed by atoms with Gasteiger partial charge in [-0.15, -0.1) is 0 Å². The van der Waals surface area contributed by atoms with Crippen molar-refractivity contribution in [2.45, 2.75) is 45.4 Å². The van der Waals surface area contributed by atoms with E-state index in [9.17, 15) is 0 Å². The van der Waals surface area contributed by atoms with Crippen molar-refractivity contribution in [1.29, 1.82) is 0 Å². The van der Waals surface area contributed by atoms with Crippen LogP contribution in [0.1, 0.15) is 50.3 Å². The normalized spacial score (nSPS) is 14.5. The molecule has 0 aromatic heterocycles. The molecule has 2 aliphatic rings. The Balaban J connectivity index is 1.59. The minimum absolute atomic E-state index is 0.127. The van der Waals surface area contributed by atoms with Crippen molar-refractivity contribution in [3.8, 4) is 23.0 Å². The zero-order valence-corrected chi connectivity index (χ0v) is 22.6. The van der Waals surface area contributed by atoms with Gasteiger partial charge in [0.2, 0.25) is 0 Å². The van der Waals surface area contributed by atoms with Crippen LogP contribution in [0.15, 0.2) is 78.9 Å². The Bertz CT molecular complexity index is 1430. The molecule has 0 fully saturated rings. The van der Waals surface area contributed by atoms with Gasteiger partial charge in [-0.25, -0.2) is 0 Å². The number of para-hydroxylation sites is 1. The minimum Gasteiger partial charge on any atom is -0.458 e.